The third-order valence-electron chi connectivity index (χ3n) is 0.777. The molecule has 9 heavy (non-hydrogen) atoms. The van der Waals surface area contributed by atoms with Crippen molar-refractivity contribution >= 4 is 21.4 Å². The summed E-state index contributed by atoms with van der Waals surface area (Å²) in [6.07, 6.45) is -0.714. The Balaban J connectivity index is 2.94. The number of ether oxygens (including phenoxy) is 1. The van der Waals surface area contributed by atoms with Gasteiger partial charge in [0.15, 0.2) is 4.99 Å². The highest BCUT2D eigenvalue weighted by molar-refractivity contribution is 7.73. The van der Waals surface area contributed by atoms with Crippen molar-refractivity contribution in [3.05, 3.63) is 0 Å². The maximum Gasteiger partial charge on any atom is 0.412 e. The minimum atomic E-state index is -2.35. The second-order valence-corrected chi connectivity index (χ2v) is 2.32. The first-order valence-corrected chi connectivity index (χ1v) is 3.16. The number of amides is 1. The Hall–Kier alpha value is -1.04. The lowest BCUT2D eigenvalue weighted by atomic mass is 10.7. The highest BCUT2D eigenvalue weighted by atomic mass is 32.2. The van der Waals surface area contributed by atoms with Crippen LogP contribution in [-0.2, 0) is 15.0 Å². The second-order valence-electron chi connectivity index (χ2n) is 1.36. The molecular weight excluding hydrogens is 146 g/mol. The van der Waals surface area contributed by atoms with Crippen LogP contribution in [0.4, 0.5) is 4.79 Å². The standard InChI is InChI=1S/C3H3NO4S/c5-3-4-2(1-8-3)9(6)7/h1H2,(H,4,5). The lowest BCUT2D eigenvalue weighted by Gasteiger charge is -1.79. The van der Waals surface area contributed by atoms with Crippen LogP contribution < -0.4 is 5.32 Å². The van der Waals surface area contributed by atoms with Crippen LogP contribution in [0.3, 0.4) is 0 Å². The molecule has 0 aromatic carbocycles. The quantitative estimate of drug-likeness (QED) is 0.436. The van der Waals surface area contributed by atoms with Gasteiger partial charge < -0.3 is 4.74 Å². The Morgan fingerprint density at radius 2 is 2.22 bits per heavy atom. The van der Waals surface area contributed by atoms with Crippen molar-refractivity contribution in [2.45, 2.75) is 0 Å². The van der Waals surface area contributed by atoms with E-state index in [1.54, 1.807) is 0 Å². The van der Waals surface area contributed by atoms with Gasteiger partial charge in [-0.3, -0.25) is 5.32 Å². The first-order chi connectivity index (χ1) is 4.20. The maximum absolute atomic E-state index is 10.1. The predicted molar refractivity (Wildman–Crippen MR) is 28.4 cm³/mol. The van der Waals surface area contributed by atoms with Crippen molar-refractivity contribution < 1.29 is 17.9 Å². The van der Waals surface area contributed by atoms with Crippen LogP contribution >= 0.6 is 0 Å². The average molecular weight is 149 g/mol. The largest absolute Gasteiger partial charge is 0.442 e. The van der Waals surface area contributed by atoms with Gasteiger partial charge in [-0.2, -0.15) is 8.42 Å². The van der Waals surface area contributed by atoms with Crippen molar-refractivity contribution in [1.29, 1.82) is 0 Å². The molecule has 1 saturated heterocycles. The fourth-order valence-electron chi connectivity index (χ4n) is 0.407. The average Bonchev–Trinajstić information content (AvgIpc) is 2.14. The maximum atomic E-state index is 10.1. The normalized spacial score (nSPS) is 16.9. The second kappa shape index (κ2) is 2.06. The van der Waals surface area contributed by atoms with Gasteiger partial charge in [-0.25, -0.2) is 4.79 Å². The third-order valence-corrected chi connectivity index (χ3v) is 1.40. The number of cyclic esters (lactones) is 1. The molecule has 1 rings (SSSR count). The molecule has 0 aliphatic carbocycles. The van der Waals surface area contributed by atoms with Gasteiger partial charge in [-0.15, -0.1) is 0 Å². The summed E-state index contributed by atoms with van der Waals surface area (Å²) in [6, 6.07) is 0. The van der Waals surface area contributed by atoms with Gasteiger partial charge in [0.05, 0.1) is 0 Å². The zero-order valence-electron chi connectivity index (χ0n) is 4.25. The van der Waals surface area contributed by atoms with E-state index in [1.807, 2.05) is 5.32 Å². The number of nitrogens with one attached hydrogen (secondary N) is 1. The van der Waals surface area contributed by atoms with E-state index in [9.17, 15) is 13.2 Å². The molecule has 6 heteroatoms. The summed E-state index contributed by atoms with van der Waals surface area (Å²) >= 11 is 0. The van der Waals surface area contributed by atoms with E-state index in [0.29, 0.717) is 0 Å². The van der Waals surface area contributed by atoms with Crippen LogP contribution in [0.2, 0.25) is 0 Å². The number of rotatable bonds is 0. The van der Waals surface area contributed by atoms with Gasteiger partial charge in [0, 0.05) is 0 Å². The van der Waals surface area contributed by atoms with E-state index in [-0.39, 0.29) is 11.6 Å². The minimum absolute atomic E-state index is 0.111. The highest BCUT2D eigenvalue weighted by Crippen LogP contribution is 1.87. The van der Waals surface area contributed by atoms with Crippen LogP contribution in [0, 0.1) is 0 Å². The molecule has 1 amide bonds. The van der Waals surface area contributed by atoms with E-state index in [2.05, 4.69) is 4.74 Å². The molecule has 1 fully saturated rings. The van der Waals surface area contributed by atoms with E-state index in [0.717, 1.165) is 0 Å². The Morgan fingerprint density at radius 3 is 2.44 bits per heavy atom. The summed E-state index contributed by atoms with van der Waals surface area (Å²) in [4.78, 5) is 10.0. The molecule has 1 aliphatic rings. The Morgan fingerprint density at radius 1 is 1.56 bits per heavy atom. The number of hydrogen-bond donors (Lipinski definition) is 1. The Labute approximate surface area is 52.1 Å². The predicted octanol–water partition coefficient (Wildman–Crippen LogP) is -1.26. The molecule has 0 atom stereocenters. The zero-order valence-corrected chi connectivity index (χ0v) is 5.06. The van der Waals surface area contributed by atoms with Crippen molar-refractivity contribution in [2.75, 3.05) is 6.61 Å². The van der Waals surface area contributed by atoms with Crippen LogP contribution in [0.1, 0.15) is 0 Å². The fraction of sp³-hybridized carbons (Fsp3) is 0.333. The first kappa shape index (κ1) is 6.09. The van der Waals surface area contributed by atoms with E-state index in [1.165, 1.54) is 0 Å². The first-order valence-electron chi connectivity index (χ1n) is 2.09. The molecule has 0 spiro atoms. The number of carbonyl (C=O) groups excluding carboxylic acids is 1. The van der Waals surface area contributed by atoms with Crippen LogP contribution in [-0.4, -0.2) is 26.1 Å². The molecule has 1 heterocycles. The van der Waals surface area contributed by atoms with Gasteiger partial charge in [-0.1, -0.05) is 0 Å². The van der Waals surface area contributed by atoms with Crippen molar-refractivity contribution in [2.24, 2.45) is 0 Å². The van der Waals surface area contributed by atoms with E-state index in [4.69, 9.17) is 0 Å². The molecule has 1 aliphatic heterocycles. The third kappa shape index (κ3) is 1.20. The summed E-state index contributed by atoms with van der Waals surface area (Å²) in [6.45, 7) is -0.172. The molecule has 0 aromatic rings. The van der Waals surface area contributed by atoms with Gasteiger partial charge in [0.25, 0.3) is 0 Å². The number of alkyl carbamates (subject to hydrolysis) is 1. The van der Waals surface area contributed by atoms with Crippen LogP contribution in [0.15, 0.2) is 0 Å². The van der Waals surface area contributed by atoms with Gasteiger partial charge >= 0.3 is 6.09 Å². The van der Waals surface area contributed by atoms with Gasteiger partial charge in [0.2, 0.25) is 10.3 Å². The lowest BCUT2D eigenvalue weighted by Crippen LogP contribution is -2.20. The fourth-order valence-corrected chi connectivity index (χ4v) is 0.729. The van der Waals surface area contributed by atoms with Crippen molar-refractivity contribution in [3.8, 4) is 0 Å². The summed E-state index contributed by atoms with van der Waals surface area (Å²) in [5.41, 5.74) is 0. The van der Waals surface area contributed by atoms with Crippen molar-refractivity contribution in [1.82, 2.24) is 5.32 Å². The minimum Gasteiger partial charge on any atom is -0.442 e. The van der Waals surface area contributed by atoms with Crippen LogP contribution in [0.25, 0.3) is 0 Å². The highest BCUT2D eigenvalue weighted by Gasteiger charge is 2.17. The molecule has 0 saturated carbocycles. The molecule has 5 nitrogen and oxygen atoms in total. The molecule has 0 radical (unpaired) electrons. The molecule has 0 unspecified atom stereocenters. The van der Waals surface area contributed by atoms with Crippen LogP contribution in [0.5, 0.6) is 0 Å². The SMILES string of the molecule is O=C1NC(=S(=O)=O)CO1. The monoisotopic (exact) mass is 149 g/mol. The summed E-state index contributed by atoms with van der Waals surface area (Å²) in [5.74, 6) is 0. The van der Waals surface area contributed by atoms with E-state index >= 15 is 0 Å². The topological polar surface area (TPSA) is 72.5 Å². The summed E-state index contributed by atoms with van der Waals surface area (Å²) in [5, 5.41) is 2.00. The Bertz CT molecular complexity index is 256. The zero-order chi connectivity index (χ0) is 6.85. The summed E-state index contributed by atoms with van der Waals surface area (Å²) < 4.78 is 24.3. The molecular formula is C3H3NO4S. The Kier molecular flexibility index (Phi) is 1.39. The van der Waals surface area contributed by atoms with E-state index < -0.39 is 16.4 Å². The molecule has 50 valence electrons. The lowest BCUT2D eigenvalue weighted by molar-refractivity contribution is 0.180. The van der Waals surface area contributed by atoms with Crippen molar-refractivity contribution in [3.63, 3.8) is 0 Å². The number of carbonyl (C=O) groups is 1. The van der Waals surface area contributed by atoms with Gasteiger partial charge in [-0.05, 0) is 0 Å². The van der Waals surface area contributed by atoms with Gasteiger partial charge in [0.1, 0.15) is 6.61 Å². The number of hydrogen-bond acceptors (Lipinski definition) is 4. The molecule has 0 aromatic heterocycles. The summed E-state index contributed by atoms with van der Waals surface area (Å²) in [7, 11) is -2.35. The smallest absolute Gasteiger partial charge is 0.412 e. The molecule has 1 N–H and O–H groups in total. The molecule has 0 bridgehead atoms.